The molecule has 3 N–H and O–H groups in total. The van der Waals surface area contributed by atoms with Crippen LogP contribution in [0.2, 0.25) is 0 Å². The molecular formula is C20H28N4OS. The van der Waals surface area contributed by atoms with Gasteiger partial charge in [0, 0.05) is 38.2 Å². The van der Waals surface area contributed by atoms with Gasteiger partial charge in [0.05, 0.1) is 0 Å². The molecule has 0 spiro atoms. The summed E-state index contributed by atoms with van der Waals surface area (Å²) < 4.78 is 0. The summed E-state index contributed by atoms with van der Waals surface area (Å²) >= 11 is 1.73. The largest absolute Gasteiger partial charge is 0.357 e. The van der Waals surface area contributed by atoms with Crippen LogP contribution in [0.1, 0.15) is 37.8 Å². The minimum absolute atomic E-state index is 0.0532. The molecule has 0 aliphatic heterocycles. The molecule has 26 heavy (non-hydrogen) atoms. The van der Waals surface area contributed by atoms with Gasteiger partial charge in [0.25, 0.3) is 0 Å². The normalized spacial score (nSPS) is 12.5. The van der Waals surface area contributed by atoms with Gasteiger partial charge in [0.15, 0.2) is 5.96 Å². The first kappa shape index (κ1) is 20.0. The number of rotatable bonds is 8. The number of guanidine groups is 1. The highest BCUT2D eigenvalue weighted by molar-refractivity contribution is 7.07. The van der Waals surface area contributed by atoms with Crippen molar-refractivity contribution in [3.05, 3.63) is 52.2 Å². The van der Waals surface area contributed by atoms with E-state index in [9.17, 15) is 4.79 Å². The Hall–Kier alpha value is -2.34. The minimum Gasteiger partial charge on any atom is -0.357 e. The van der Waals surface area contributed by atoms with E-state index in [1.54, 1.807) is 11.3 Å². The minimum atomic E-state index is -0.0532. The van der Waals surface area contributed by atoms with Crippen LogP contribution in [-0.2, 0) is 11.2 Å². The Morgan fingerprint density at radius 2 is 1.96 bits per heavy atom. The Balaban J connectivity index is 1.82. The zero-order valence-corrected chi connectivity index (χ0v) is 16.5. The van der Waals surface area contributed by atoms with Crippen LogP contribution in [0.25, 0.3) is 0 Å². The molecule has 0 bridgehead atoms. The first-order chi connectivity index (χ1) is 12.6. The van der Waals surface area contributed by atoms with Gasteiger partial charge in [-0.1, -0.05) is 19.1 Å². The van der Waals surface area contributed by atoms with E-state index in [-0.39, 0.29) is 5.91 Å². The average Bonchev–Trinajstić information content (AvgIpc) is 3.15. The maximum absolute atomic E-state index is 11.1. The van der Waals surface area contributed by atoms with Crippen LogP contribution >= 0.6 is 11.3 Å². The molecule has 1 aromatic carbocycles. The van der Waals surface area contributed by atoms with Gasteiger partial charge < -0.3 is 16.0 Å². The summed E-state index contributed by atoms with van der Waals surface area (Å²) in [5.41, 5.74) is 3.38. The number of anilines is 1. The molecule has 1 heterocycles. The van der Waals surface area contributed by atoms with Crippen molar-refractivity contribution in [2.45, 2.75) is 33.1 Å². The molecule has 1 amide bonds. The Kier molecular flexibility index (Phi) is 8.15. The molecule has 140 valence electrons. The van der Waals surface area contributed by atoms with Crippen molar-refractivity contribution in [1.29, 1.82) is 0 Å². The molecule has 0 saturated carbocycles. The first-order valence-corrected chi connectivity index (χ1v) is 9.93. The van der Waals surface area contributed by atoms with Crippen molar-refractivity contribution in [2.75, 3.05) is 25.0 Å². The summed E-state index contributed by atoms with van der Waals surface area (Å²) in [6.45, 7) is 8.18. The van der Waals surface area contributed by atoms with Crippen LogP contribution in [0.3, 0.4) is 0 Å². The fourth-order valence-corrected chi connectivity index (χ4v) is 3.30. The molecule has 1 atom stereocenters. The monoisotopic (exact) mass is 372 g/mol. The van der Waals surface area contributed by atoms with Crippen molar-refractivity contribution in [3.63, 3.8) is 0 Å². The fourth-order valence-electron chi connectivity index (χ4n) is 2.51. The number of carbonyl (C=O) groups is 1. The van der Waals surface area contributed by atoms with E-state index in [4.69, 9.17) is 4.99 Å². The average molecular weight is 373 g/mol. The predicted octanol–water partition coefficient (Wildman–Crippen LogP) is 3.61. The molecule has 1 aromatic heterocycles. The molecule has 0 fully saturated rings. The fraction of sp³-hybridized carbons (Fsp3) is 0.400. The van der Waals surface area contributed by atoms with Gasteiger partial charge in [-0.25, -0.2) is 0 Å². The lowest BCUT2D eigenvalue weighted by molar-refractivity contribution is -0.114. The first-order valence-electron chi connectivity index (χ1n) is 8.99. The number of aliphatic imine (C=N–C) groups is 1. The zero-order chi connectivity index (χ0) is 18.8. The number of hydrogen-bond donors (Lipinski definition) is 3. The molecule has 2 rings (SSSR count). The summed E-state index contributed by atoms with van der Waals surface area (Å²) in [4.78, 5) is 15.7. The third-order valence-corrected chi connectivity index (χ3v) is 4.66. The van der Waals surface area contributed by atoms with Crippen molar-refractivity contribution in [1.82, 2.24) is 10.6 Å². The maximum Gasteiger partial charge on any atom is 0.221 e. The predicted molar refractivity (Wildman–Crippen MR) is 111 cm³/mol. The lowest BCUT2D eigenvalue weighted by Crippen LogP contribution is -2.38. The Labute approximate surface area is 159 Å². The van der Waals surface area contributed by atoms with E-state index in [1.807, 2.05) is 24.3 Å². The highest BCUT2D eigenvalue weighted by atomic mass is 32.1. The molecule has 1 unspecified atom stereocenters. The van der Waals surface area contributed by atoms with Gasteiger partial charge in [-0.15, -0.1) is 0 Å². The van der Waals surface area contributed by atoms with Gasteiger partial charge >= 0.3 is 0 Å². The number of hydrogen-bond acceptors (Lipinski definition) is 3. The van der Waals surface area contributed by atoms with Crippen molar-refractivity contribution >= 4 is 28.9 Å². The van der Waals surface area contributed by atoms with E-state index in [0.29, 0.717) is 5.92 Å². The topological polar surface area (TPSA) is 65.5 Å². The van der Waals surface area contributed by atoms with Crippen LogP contribution in [0, 0.1) is 0 Å². The Morgan fingerprint density at radius 3 is 2.58 bits per heavy atom. The SMILES string of the molecule is CCNC(=NCC(C)c1ccsc1)NCCc1ccc(NC(C)=O)cc1. The van der Waals surface area contributed by atoms with Crippen LogP contribution in [0.4, 0.5) is 5.69 Å². The zero-order valence-electron chi connectivity index (χ0n) is 15.7. The third-order valence-electron chi connectivity index (χ3n) is 3.96. The van der Waals surface area contributed by atoms with Crippen molar-refractivity contribution in [3.8, 4) is 0 Å². The molecule has 0 radical (unpaired) electrons. The van der Waals surface area contributed by atoms with Gasteiger partial charge in [-0.05, 0) is 53.4 Å². The Morgan fingerprint density at radius 1 is 1.19 bits per heavy atom. The van der Waals surface area contributed by atoms with Crippen LogP contribution in [0.5, 0.6) is 0 Å². The summed E-state index contributed by atoms with van der Waals surface area (Å²) in [6, 6.07) is 10.1. The molecular weight excluding hydrogens is 344 g/mol. The lowest BCUT2D eigenvalue weighted by atomic mass is 10.1. The second-order valence-electron chi connectivity index (χ2n) is 6.23. The van der Waals surface area contributed by atoms with Gasteiger partial charge in [-0.3, -0.25) is 9.79 Å². The van der Waals surface area contributed by atoms with Crippen LogP contribution in [0.15, 0.2) is 46.1 Å². The van der Waals surface area contributed by atoms with Gasteiger partial charge in [-0.2, -0.15) is 11.3 Å². The molecule has 0 aliphatic carbocycles. The number of thiophene rings is 1. The summed E-state index contributed by atoms with van der Waals surface area (Å²) in [6.07, 6.45) is 0.894. The third kappa shape index (κ3) is 6.88. The van der Waals surface area contributed by atoms with E-state index in [2.05, 4.69) is 46.6 Å². The number of amides is 1. The van der Waals surface area contributed by atoms with Crippen molar-refractivity contribution in [2.24, 2.45) is 4.99 Å². The number of nitrogens with one attached hydrogen (secondary N) is 3. The van der Waals surface area contributed by atoms with Gasteiger partial charge in [0.2, 0.25) is 5.91 Å². The Bertz CT molecular complexity index is 695. The number of nitrogens with zero attached hydrogens (tertiary/aromatic N) is 1. The molecule has 5 nitrogen and oxygen atoms in total. The second-order valence-corrected chi connectivity index (χ2v) is 7.01. The van der Waals surface area contributed by atoms with E-state index >= 15 is 0 Å². The summed E-state index contributed by atoms with van der Waals surface area (Å²) in [5, 5.41) is 13.8. The highest BCUT2D eigenvalue weighted by Crippen LogP contribution is 2.18. The molecule has 2 aromatic rings. The summed E-state index contributed by atoms with van der Waals surface area (Å²) in [7, 11) is 0. The molecule has 6 heteroatoms. The smallest absolute Gasteiger partial charge is 0.221 e. The van der Waals surface area contributed by atoms with E-state index in [0.717, 1.165) is 37.7 Å². The van der Waals surface area contributed by atoms with E-state index < -0.39 is 0 Å². The lowest BCUT2D eigenvalue weighted by Gasteiger charge is -2.13. The quantitative estimate of drug-likeness (QED) is 0.490. The van der Waals surface area contributed by atoms with Crippen LogP contribution in [-0.4, -0.2) is 31.5 Å². The number of benzene rings is 1. The highest BCUT2D eigenvalue weighted by Gasteiger charge is 2.06. The maximum atomic E-state index is 11.1. The molecule has 0 aliphatic rings. The van der Waals surface area contributed by atoms with Gasteiger partial charge in [0.1, 0.15) is 0 Å². The standard InChI is InChI=1S/C20H28N4OS/c1-4-21-20(23-13-15(2)18-10-12-26-14-18)22-11-9-17-5-7-19(8-6-17)24-16(3)25/h5-8,10,12,14-15H,4,9,11,13H2,1-3H3,(H,24,25)(H2,21,22,23). The molecule has 0 saturated heterocycles. The number of carbonyl (C=O) groups excluding carboxylic acids is 1. The van der Waals surface area contributed by atoms with Crippen molar-refractivity contribution < 1.29 is 4.79 Å². The second kappa shape index (κ2) is 10.6. The van der Waals surface area contributed by atoms with E-state index in [1.165, 1.54) is 18.1 Å². The summed E-state index contributed by atoms with van der Waals surface area (Å²) in [5.74, 6) is 1.21. The van der Waals surface area contributed by atoms with Crippen LogP contribution < -0.4 is 16.0 Å².